The number of rotatable bonds is 9. The van der Waals surface area contributed by atoms with Crippen molar-refractivity contribution in [1.29, 1.82) is 0 Å². The second-order valence-corrected chi connectivity index (χ2v) is 34.1. The Hall–Kier alpha value is -12.3. The molecule has 0 amide bonds. The van der Waals surface area contributed by atoms with Crippen LogP contribution in [0.4, 0.5) is 34.1 Å². The van der Waals surface area contributed by atoms with Crippen LogP contribution in [0.1, 0.15) is 79.0 Å². The highest BCUT2D eigenvalue weighted by Crippen LogP contribution is 2.57. The molecule has 16 aromatic carbocycles. The monoisotopic (exact) mass is 1420 g/mol. The number of fused-ring (bicyclic) bond motifs is 12. The predicted octanol–water partition coefficient (Wildman–Crippen LogP) is 27.9. The molecular formula is C104H81BN2OS. The summed E-state index contributed by atoms with van der Waals surface area (Å²) in [7, 11) is 0. The van der Waals surface area contributed by atoms with E-state index < -0.39 is 0 Å². The molecule has 5 heteroatoms. The molecule has 20 rings (SSSR count). The van der Waals surface area contributed by atoms with E-state index in [4.69, 9.17) is 4.42 Å². The summed E-state index contributed by atoms with van der Waals surface area (Å²) in [5.41, 5.74) is 31.7. The lowest BCUT2D eigenvalue weighted by Crippen LogP contribution is -2.61. The maximum atomic E-state index is 6.94. The average Bonchev–Trinajstić information content (AvgIpc) is 1.26. The Balaban J connectivity index is 0.945. The number of hydrogen-bond acceptors (Lipinski definition) is 4. The summed E-state index contributed by atoms with van der Waals surface area (Å²) in [6.45, 7) is 21.1. The van der Waals surface area contributed by atoms with Crippen molar-refractivity contribution in [3.8, 4) is 77.9 Å². The van der Waals surface area contributed by atoms with Crippen LogP contribution >= 0.6 is 11.3 Å². The van der Waals surface area contributed by atoms with Crippen molar-refractivity contribution in [2.75, 3.05) is 9.80 Å². The molecule has 0 saturated heterocycles. The van der Waals surface area contributed by atoms with E-state index in [1.54, 1.807) is 0 Å². The number of para-hydroxylation sites is 2. The van der Waals surface area contributed by atoms with Gasteiger partial charge in [-0.15, -0.1) is 11.3 Å². The lowest BCUT2D eigenvalue weighted by molar-refractivity contribution is 0.590. The van der Waals surface area contributed by atoms with Crippen LogP contribution < -0.4 is 26.2 Å². The first kappa shape index (κ1) is 66.2. The van der Waals surface area contributed by atoms with Gasteiger partial charge in [-0.05, 0) is 188 Å². The number of benzene rings is 16. The molecule has 2 aromatic heterocycles. The van der Waals surface area contributed by atoms with Crippen LogP contribution in [0.15, 0.2) is 332 Å². The third-order valence-corrected chi connectivity index (χ3v) is 24.4. The number of nitrogens with zero attached hydrogens (tertiary/aromatic N) is 2. The van der Waals surface area contributed by atoms with E-state index in [1.165, 1.54) is 114 Å². The van der Waals surface area contributed by atoms with Gasteiger partial charge in [-0.2, -0.15) is 0 Å². The van der Waals surface area contributed by atoms with Gasteiger partial charge in [-0.1, -0.05) is 317 Å². The molecule has 0 N–H and O–H groups in total. The highest BCUT2D eigenvalue weighted by molar-refractivity contribution is 7.25. The molecule has 4 heterocycles. The van der Waals surface area contributed by atoms with Crippen molar-refractivity contribution in [2.24, 2.45) is 0 Å². The van der Waals surface area contributed by atoms with E-state index in [0.717, 1.165) is 95.0 Å². The molecule has 0 spiro atoms. The molecule has 109 heavy (non-hydrogen) atoms. The standard InChI is InChI=1S/C104H81BN2OS/c1-102(2,3)71-58-82(64-31-14-10-15-32-64)99(83(59-71)65-33-16-11-17-34-65)106-89-56-69(68-51-54-95-86(55-68)75-40-27-29-48-94(75)109-95)49-52-87(89)105-88-53-50-70(96-76-41-22-24-43-78(76)97(79-44-25-23-42-77(79)96)81-46-30-45-80-74-39-26-28-47-93(74)108-101(80)81)57-90(88)107(92-63-73(104(7,8)9)62-91(106)98(92)105)100-84(66-35-18-12-19-36-66)60-72(103(4,5)6)61-85(100)67-37-20-13-21-38-67/h10-63H,1-9H3. The Kier molecular flexibility index (Phi) is 15.3. The zero-order valence-electron chi connectivity index (χ0n) is 63.0. The average molecular weight is 1420 g/mol. The van der Waals surface area contributed by atoms with Gasteiger partial charge in [0.1, 0.15) is 11.2 Å². The normalized spacial score (nSPS) is 12.9. The first-order chi connectivity index (χ1) is 53.0. The van der Waals surface area contributed by atoms with E-state index in [1.807, 2.05) is 11.3 Å². The van der Waals surface area contributed by atoms with Gasteiger partial charge >= 0.3 is 0 Å². The van der Waals surface area contributed by atoms with Crippen LogP contribution in [0.25, 0.3) is 142 Å². The summed E-state index contributed by atoms with van der Waals surface area (Å²) in [6, 6.07) is 125. The minimum Gasteiger partial charge on any atom is -0.455 e. The third kappa shape index (κ3) is 10.8. The van der Waals surface area contributed by atoms with Gasteiger partial charge in [0.15, 0.2) is 0 Å². The third-order valence-electron chi connectivity index (χ3n) is 23.3. The summed E-state index contributed by atoms with van der Waals surface area (Å²) in [4.78, 5) is 5.49. The summed E-state index contributed by atoms with van der Waals surface area (Å²) < 4.78 is 9.53. The van der Waals surface area contributed by atoms with E-state index in [-0.39, 0.29) is 23.0 Å². The Bertz CT molecular complexity index is 6550. The van der Waals surface area contributed by atoms with E-state index in [0.29, 0.717) is 0 Å². The second-order valence-electron chi connectivity index (χ2n) is 33.1. The van der Waals surface area contributed by atoms with Gasteiger partial charge in [-0.25, -0.2) is 0 Å². The molecule has 3 nitrogen and oxygen atoms in total. The molecule has 0 saturated carbocycles. The fraction of sp³-hybridized carbons (Fsp3) is 0.115. The molecule has 2 aliphatic heterocycles. The van der Waals surface area contributed by atoms with Crippen LogP contribution in [-0.2, 0) is 16.2 Å². The second kappa shape index (κ2) is 25.2. The Labute approximate surface area is 642 Å². The van der Waals surface area contributed by atoms with Gasteiger partial charge < -0.3 is 14.2 Å². The van der Waals surface area contributed by atoms with Crippen LogP contribution in [0.5, 0.6) is 0 Å². The molecule has 0 fully saturated rings. The molecule has 0 atom stereocenters. The van der Waals surface area contributed by atoms with Crippen molar-refractivity contribution in [3.63, 3.8) is 0 Å². The number of thiophene rings is 1. The van der Waals surface area contributed by atoms with Gasteiger partial charge in [-0.3, -0.25) is 0 Å². The maximum absolute atomic E-state index is 6.94. The van der Waals surface area contributed by atoms with Crippen molar-refractivity contribution >= 4 is 132 Å². The molecule has 2 aliphatic rings. The lowest BCUT2D eigenvalue weighted by atomic mass is 9.33. The summed E-state index contributed by atoms with van der Waals surface area (Å²) in [5.74, 6) is 0. The van der Waals surface area contributed by atoms with Crippen molar-refractivity contribution in [1.82, 2.24) is 0 Å². The molecule has 0 radical (unpaired) electrons. The van der Waals surface area contributed by atoms with E-state index in [9.17, 15) is 0 Å². The predicted molar refractivity (Wildman–Crippen MR) is 470 cm³/mol. The maximum Gasteiger partial charge on any atom is 0.252 e. The largest absolute Gasteiger partial charge is 0.455 e. The van der Waals surface area contributed by atoms with Crippen LogP contribution in [-0.4, -0.2) is 6.71 Å². The quantitative estimate of drug-likeness (QED) is 0.106. The topological polar surface area (TPSA) is 19.6 Å². The Morgan fingerprint density at radius 2 is 0.642 bits per heavy atom. The number of furan rings is 1. The zero-order valence-corrected chi connectivity index (χ0v) is 63.8. The Morgan fingerprint density at radius 1 is 0.266 bits per heavy atom. The molecule has 0 aliphatic carbocycles. The minimum atomic E-state index is -0.338. The minimum absolute atomic E-state index is 0.192. The van der Waals surface area contributed by atoms with Crippen LogP contribution in [0, 0.1) is 0 Å². The fourth-order valence-corrected chi connectivity index (χ4v) is 18.9. The fourth-order valence-electron chi connectivity index (χ4n) is 17.8. The van der Waals surface area contributed by atoms with Gasteiger partial charge in [0.25, 0.3) is 6.71 Å². The summed E-state index contributed by atoms with van der Waals surface area (Å²) >= 11 is 1.87. The molecule has 0 bridgehead atoms. The number of hydrogen-bond donors (Lipinski definition) is 0. The Morgan fingerprint density at radius 3 is 1.13 bits per heavy atom. The zero-order chi connectivity index (χ0) is 73.8. The summed E-state index contributed by atoms with van der Waals surface area (Å²) in [6.07, 6.45) is 0. The SMILES string of the molecule is CC(C)(C)c1cc(-c2ccccc2)c(N2c3cc(-c4ccc5sc6ccccc6c5c4)ccc3B3c4ccc(-c5c6ccccc6c(-c6cccc7c6oc6ccccc67)c6ccccc56)cc4N(c4c(-c5ccccc5)cc(C(C)(C)C)cc4-c4ccccc4)c4cc(C(C)(C)C)cc2c43)c(-c2ccccc2)c1. The van der Waals surface area contributed by atoms with Crippen LogP contribution in [0.3, 0.4) is 0 Å². The first-order valence-electron chi connectivity index (χ1n) is 38.4. The first-order valence-corrected chi connectivity index (χ1v) is 39.2. The summed E-state index contributed by atoms with van der Waals surface area (Å²) in [5, 5.41) is 9.49. The lowest BCUT2D eigenvalue weighted by Gasteiger charge is -2.47. The van der Waals surface area contributed by atoms with Crippen molar-refractivity contribution in [3.05, 3.63) is 344 Å². The van der Waals surface area contributed by atoms with E-state index >= 15 is 0 Å². The van der Waals surface area contributed by atoms with Crippen molar-refractivity contribution in [2.45, 2.75) is 78.6 Å². The van der Waals surface area contributed by atoms with Gasteiger partial charge in [0, 0.05) is 87.1 Å². The van der Waals surface area contributed by atoms with Crippen LogP contribution in [0.2, 0.25) is 0 Å². The molecule has 522 valence electrons. The molecule has 0 unspecified atom stereocenters. The van der Waals surface area contributed by atoms with E-state index in [2.05, 4.69) is 400 Å². The highest BCUT2D eigenvalue weighted by atomic mass is 32.1. The smallest absolute Gasteiger partial charge is 0.252 e. The van der Waals surface area contributed by atoms with Gasteiger partial charge in [0.05, 0.1) is 11.4 Å². The molecule has 18 aromatic rings. The van der Waals surface area contributed by atoms with Gasteiger partial charge in [0.2, 0.25) is 0 Å². The number of anilines is 6. The highest BCUT2D eigenvalue weighted by Gasteiger charge is 2.47. The molecular weight excluding hydrogens is 1340 g/mol. The van der Waals surface area contributed by atoms with Crippen molar-refractivity contribution < 1.29 is 4.42 Å².